The fourth-order valence-corrected chi connectivity index (χ4v) is 6.41. The van der Waals surface area contributed by atoms with E-state index < -0.39 is 43.0 Å². The van der Waals surface area contributed by atoms with Gasteiger partial charge in [0.05, 0.1) is 13.2 Å². The van der Waals surface area contributed by atoms with Gasteiger partial charge in [0, 0.05) is 12.8 Å². The summed E-state index contributed by atoms with van der Waals surface area (Å²) in [5.41, 5.74) is 0. The summed E-state index contributed by atoms with van der Waals surface area (Å²) in [6, 6.07) is 0. The van der Waals surface area contributed by atoms with Crippen molar-refractivity contribution >= 4 is 11.9 Å². The van der Waals surface area contributed by atoms with Crippen LogP contribution in [-0.4, -0.2) is 59.8 Å². The van der Waals surface area contributed by atoms with Crippen molar-refractivity contribution < 1.29 is 34.0 Å². The molecule has 1 aliphatic heterocycles. The number of aliphatic hydroxyl groups is 2. The summed E-state index contributed by atoms with van der Waals surface area (Å²) < 4.78 is 16.7. The Morgan fingerprint density at radius 1 is 0.612 bits per heavy atom. The Bertz CT molecular complexity index is 826. The van der Waals surface area contributed by atoms with Gasteiger partial charge in [0.25, 0.3) is 0 Å². The molecule has 286 valence electrons. The molecule has 7 heteroatoms. The van der Waals surface area contributed by atoms with Crippen LogP contribution in [0.5, 0.6) is 0 Å². The zero-order valence-electron chi connectivity index (χ0n) is 31.8. The molecular weight excluding hydrogens is 616 g/mol. The van der Waals surface area contributed by atoms with Crippen molar-refractivity contribution in [2.75, 3.05) is 13.2 Å². The maximum atomic E-state index is 12.6. The molecule has 0 aromatic carbocycles. The van der Waals surface area contributed by atoms with E-state index in [9.17, 15) is 19.8 Å². The molecule has 1 heterocycles. The molecule has 0 saturated carbocycles. The van der Waals surface area contributed by atoms with Gasteiger partial charge in [0.1, 0.15) is 12.2 Å². The zero-order chi connectivity index (χ0) is 35.6. The molecule has 1 rings (SSSR count). The molecule has 1 saturated heterocycles. The molecule has 0 aromatic rings. The van der Waals surface area contributed by atoms with E-state index in [1.165, 1.54) is 103 Å². The summed E-state index contributed by atoms with van der Waals surface area (Å²) in [4.78, 5) is 25.1. The number of hydrogen-bond donors (Lipinski definition) is 2. The molecule has 0 aromatic heterocycles. The molecule has 2 N–H and O–H groups in total. The van der Waals surface area contributed by atoms with Crippen LogP contribution in [0.2, 0.25) is 0 Å². The van der Waals surface area contributed by atoms with Crippen molar-refractivity contribution in [2.24, 2.45) is 0 Å². The van der Waals surface area contributed by atoms with Gasteiger partial charge in [-0.25, -0.2) is 0 Å². The lowest BCUT2D eigenvalue weighted by atomic mass is 10.1. The van der Waals surface area contributed by atoms with Crippen molar-refractivity contribution in [3.63, 3.8) is 0 Å². The normalized spacial score (nSPS) is 18.5. The minimum Gasteiger partial charge on any atom is -0.457 e. The van der Waals surface area contributed by atoms with Crippen molar-refractivity contribution in [3.05, 3.63) is 24.3 Å². The lowest BCUT2D eigenvalue weighted by Crippen LogP contribution is -2.45. The van der Waals surface area contributed by atoms with Crippen molar-refractivity contribution in [3.8, 4) is 0 Å². The maximum absolute atomic E-state index is 12.6. The molecule has 1 aliphatic rings. The lowest BCUT2D eigenvalue weighted by molar-refractivity contribution is -0.171. The molecule has 1 fully saturated rings. The van der Waals surface area contributed by atoms with Crippen LogP contribution in [0.15, 0.2) is 24.3 Å². The smallest absolute Gasteiger partial charge is 0.306 e. The highest BCUT2D eigenvalue weighted by Crippen LogP contribution is 2.24. The van der Waals surface area contributed by atoms with Crippen molar-refractivity contribution in [1.82, 2.24) is 0 Å². The number of carbonyl (C=O) groups excluding carboxylic acids is 2. The number of aliphatic hydroxyl groups excluding tert-OH is 2. The Hall–Kier alpha value is -1.70. The van der Waals surface area contributed by atoms with Gasteiger partial charge < -0.3 is 24.4 Å². The summed E-state index contributed by atoms with van der Waals surface area (Å²) in [6.45, 7) is 4.01. The Morgan fingerprint density at radius 2 is 1.00 bits per heavy atom. The average molecular weight is 693 g/mol. The van der Waals surface area contributed by atoms with Gasteiger partial charge in [-0.2, -0.15) is 0 Å². The van der Waals surface area contributed by atoms with Crippen molar-refractivity contribution in [1.29, 1.82) is 0 Å². The molecule has 4 atom stereocenters. The van der Waals surface area contributed by atoms with E-state index in [0.29, 0.717) is 0 Å². The Labute approximate surface area is 301 Å². The van der Waals surface area contributed by atoms with Crippen LogP contribution in [0.4, 0.5) is 0 Å². The molecule has 49 heavy (non-hydrogen) atoms. The van der Waals surface area contributed by atoms with Crippen LogP contribution in [0.3, 0.4) is 0 Å². The van der Waals surface area contributed by atoms with Gasteiger partial charge in [-0.05, 0) is 64.2 Å². The maximum Gasteiger partial charge on any atom is 0.306 e. The SMILES string of the molecule is CCCCCCCC/C=C\CCCCCCCC(=O)O[C@H]1[C@@H]([C@@H](CO)OC(=O)CCCCCCC/C=C\CCCCCCCC)OC[C@@H]1O. The zero-order valence-corrected chi connectivity index (χ0v) is 31.8. The molecule has 0 bridgehead atoms. The highest BCUT2D eigenvalue weighted by molar-refractivity contribution is 5.70. The number of esters is 2. The largest absolute Gasteiger partial charge is 0.457 e. The Kier molecular flexibility index (Phi) is 30.9. The predicted octanol–water partition coefficient (Wildman–Crippen LogP) is 10.6. The monoisotopic (exact) mass is 693 g/mol. The number of carbonyl (C=O) groups is 2. The molecule has 7 nitrogen and oxygen atoms in total. The first-order valence-electron chi connectivity index (χ1n) is 20.6. The van der Waals surface area contributed by atoms with Gasteiger partial charge in [-0.1, -0.05) is 141 Å². The highest BCUT2D eigenvalue weighted by atomic mass is 16.6. The summed E-state index contributed by atoms with van der Waals surface area (Å²) in [5, 5.41) is 20.3. The molecule has 0 unspecified atom stereocenters. The second-order valence-electron chi connectivity index (χ2n) is 14.2. The van der Waals surface area contributed by atoms with E-state index in [1.54, 1.807) is 0 Å². The average Bonchev–Trinajstić information content (AvgIpc) is 3.45. The summed E-state index contributed by atoms with van der Waals surface area (Å²) in [5.74, 6) is -0.798. The summed E-state index contributed by atoms with van der Waals surface area (Å²) >= 11 is 0. The fourth-order valence-electron chi connectivity index (χ4n) is 6.41. The minimum atomic E-state index is -1.01. The van der Waals surface area contributed by atoms with Crippen LogP contribution in [0.25, 0.3) is 0 Å². The third kappa shape index (κ3) is 25.8. The minimum absolute atomic E-state index is 0.0295. The van der Waals surface area contributed by atoms with Crippen molar-refractivity contribution in [2.45, 2.75) is 218 Å². The fraction of sp³-hybridized carbons (Fsp3) is 0.857. The topological polar surface area (TPSA) is 102 Å². The van der Waals surface area contributed by atoms with Crippen LogP contribution in [0.1, 0.15) is 194 Å². The van der Waals surface area contributed by atoms with Gasteiger partial charge in [-0.3, -0.25) is 9.59 Å². The predicted molar refractivity (Wildman–Crippen MR) is 201 cm³/mol. The summed E-state index contributed by atoms with van der Waals surface area (Å²) in [6.07, 6.45) is 36.8. The molecule has 0 aliphatic carbocycles. The van der Waals surface area contributed by atoms with Crippen LogP contribution < -0.4 is 0 Å². The lowest BCUT2D eigenvalue weighted by Gasteiger charge is -2.27. The van der Waals surface area contributed by atoms with E-state index >= 15 is 0 Å². The Morgan fingerprint density at radius 3 is 1.43 bits per heavy atom. The molecule has 0 radical (unpaired) electrons. The molecule has 0 amide bonds. The second kappa shape index (κ2) is 33.4. The number of hydrogen-bond acceptors (Lipinski definition) is 7. The first kappa shape index (κ1) is 45.3. The van der Waals surface area contributed by atoms with Gasteiger partial charge in [-0.15, -0.1) is 0 Å². The van der Waals surface area contributed by atoms with E-state index in [-0.39, 0.29) is 19.4 Å². The van der Waals surface area contributed by atoms with Crippen LogP contribution in [0, 0.1) is 0 Å². The molecular formula is C42H76O7. The molecule has 0 spiro atoms. The Balaban J connectivity index is 2.12. The van der Waals surface area contributed by atoms with E-state index in [1.807, 2.05) is 0 Å². The summed E-state index contributed by atoms with van der Waals surface area (Å²) in [7, 11) is 0. The number of unbranched alkanes of at least 4 members (excludes halogenated alkanes) is 22. The third-order valence-corrected chi connectivity index (χ3v) is 9.54. The first-order valence-corrected chi connectivity index (χ1v) is 20.6. The van der Waals surface area contributed by atoms with E-state index in [4.69, 9.17) is 14.2 Å². The van der Waals surface area contributed by atoms with Gasteiger partial charge in [0.2, 0.25) is 0 Å². The van der Waals surface area contributed by atoms with E-state index in [2.05, 4.69) is 38.2 Å². The van der Waals surface area contributed by atoms with Crippen LogP contribution >= 0.6 is 0 Å². The quantitative estimate of drug-likeness (QED) is 0.0393. The van der Waals surface area contributed by atoms with Crippen LogP contribution in [-0.2, 0) is 23.8 Å². The number of ether oxygens (including phenoxy) is 3. The van der Waals surface area contributed by atoms with E-state index in [0.717, 1.165) is 64.2 Å². The third-order valence-electron chi connectivity index (χ3n) is 9.54. The highest BCUT2D eigenvalue weighted by Gasteiger charge is 2.45. The van der Waals surface area contributed by atoms with Gasteiger partial charge >= 0.3 is 11.9 Å². The number of rotatable bonds is 34. The van der Waals surface area contributed by atoms with Gasteiger partial charge in [0.15, 0.2) is 12.2 Å². The second-order valence-corrected chi connectivity index (χ2v) is 14.2. The first-order chi connectivity index (χ1) is 24.0. The standard InChI is InChI=1S/C42H76O7/c1-3-5-7-9-11-13-15-17-19-21-23-25-27-29-31-33-39(45)48-38(35-43)42-41(37(44)36-47-42)49-40(46)34-32-30-28-26-24-22-20-18-16-14-12-10-8-6-4-2/h17-20,37-38,41-44H,3-16,21-36H2,1-2H3/b19-17-,20-18-/t37-,38+,41+,42+/m0/s1. The number of allylic oxidation sites excluding steroid dienone is 4.